The summed E-state index contributed by atoms with van der Waals surface area (Å²) in [6.45, 7) is 3.85. The van der Waals surface area contributed by atoms with Gasteiger partial charge in [0.05, 0.1) is 12.1 Å². The summed E-state index contributed by atoms with van der Waals surface area (Å²) < 4.78 is 0. The molecule has 1 amide bonds. The SMILES string of the molecule is CCC(N)C(=O)NC(C)c1ccccc1. The van der Waals surface area contributed by atoms with Crippen LogP contribution in [0.15, 0.2) is 30.3 Å². The Hall–Kier alpha value is -1.35. The molecular formula is C12H18N2O. The molecule has 2 atom stereocenters. The molecule has 0 aliphatic rings. The third kappa shape index (κ3) is 3.36. The monoisotopic (exact) mass is 206 g/mol. The Kier molecular flexibility index (Phi) is 4.31. The molecule has 0 fully saturated rings. The first-order valence-electron chi connectivity index (χ1n) is 5.26. The van der Waals surface area contributed by atoms with Gasteiger partial charge in [0.15, 0.2) is 0 Å². The minimum absolute atomic E-state index is 0.0105. The second-order valence-corrected chi connectivity index (χ2v) is 3.66. The third-order valence-corrected chi connectivity index (χ3v) is 2.43. The van der Waals surface area contributed by atoms with Gasteiger partial charge in [0, 0.05) is 0 Å². The molecule has 2 unspecified atom stereocenters. The second kappa shape index (κ2) is 5.51. The molecule has 3 nitrogen and oxygen atoms in total. The highest BCUT2D eigenvalue weighted by Crippen LogP contribution is 2.11. The van der Waals surface area contributed by atoms with Crippen molar-refractivity contribution in [1.29, 1.82) is 0 Å². The summed E-state index contributed by atoms with van der Waals surface area (Å²) in [5.41, 5.74) is 6.72. The van der Waals surface area contributed by atoms with Crippen molar-refractivity contribution in [3.8, 4) is 0 Å². The molecule has 82 valence electrons. The van der Waals surface area contributed by atoms with Crippen molar-refractivity contribution < 1.29 is 4.79 Å². The second-order valence-electron chi connectivity index (χ2n) is 3.66. The number of nitrogens with one attached hydrogen (secondary N) is 1. The maximum atomic E-state index is 11.5. The molecule has 0 saturated carbocycles. The highest BCUT2D eigenvalue weighted by molar-refractivity contribution is 5.81. The van der Waals surface area contributed by atoms with E-state index in [-0.39, 0.29) is 11.9 Å². The van der Waals surface area contributed by atoms with E-state index in [2.05, 4.69) is 5.32 Å². The van der Waals surface area contributed by atoms with Gasteiger partial charge in [-0.3, -0.25) is 4.79 Å². The lowest BCUT2D eigenvalue weighted by Crippen LogP contribution is -2.41. The fourth-order valence-corrected chi connectivity index (χ4v) is 1.33. The molecular weight excluding hydrogens is 188 g/mol. The van der Waals surface area contributed by atoms with Crippen LogP contribution in [0.3, 0.4) is 0 Å². The Bertz CT molecular complexity index is 311. The average molecular weight is 206 g/mol. The molecule has 0 aliphatic heterocycles. The number of benzene rings is 1. The number of amides is 1. The molecule has 0 radical (unpaired) electrons. The molecule has 1 aromatic rings. The third-order valence-electron chi connectivity index (χ3n) is 2.43. The summed E-state index contributed by atoms with van der Waals surface area (Å²) in [5, 5.41) is 2.88. The molecule has 3 heteroatoms. The zero-order chi connectivity index (χ0) is 11.3. The molecule has 1 aromatic carbocycles. The molecule has 0 aromatic heterocycles. The molecule has 15 heavy (non-hydrogen) atoms. The van der Waals surface area contributed by atoms with Gasteiger partial charge < -0.3 is 11.1 Å². The predicted molar refractivity (Wildman–Crippen MR) is 61.3 cm³/mol. The van der Waals surface area contributed by atoms with Gasteiger partial charge in [0.1, 0.15) is 0 Å². The number of hydrogen-bond acceptors (Lipinski definition) is 2. The summed E-state index contributed by atoms with van der Waals surface area (Å²) in [6, 6.07) is 9.45. The standard InChI is InChI=1S/C12H18N2O/c1-3-11(13)12(15)14-9(2)10-7-5-4-6-8-10/h4-9,11H,3,13H2,1-2H3,(H,14,15). The normalized spacial score (nSPS) is 14.3. The van der Waals surface area contributed by atoms with Gasteiger partial charge in [0.25, 0.3) is 0 Å². The van der Waals surface area contributed by atoms with Crippen LogP contribution in [0.2, 0.25) is 0 Å². The van der Waals surface area contributed by atoms with Crippen LogP contribution in [0.4, 0.5) is 0 Å². The molecule has 1 rings (SSSR count). The van der Waals surface area contributed by atoms with E-state index >= 15 is 0 Å². The van der Waals surface area contributed by atoms with Crippen molar-refractivity contribution in [1.82, 2.24) is 5.32 Å². The summed E-state index contributed by atoms with van der Waals surface area (Å²) >= 11 is 0. The maximum absolute atomic E-state index is 11.5. The molecule has 0 heterocycles. The van der Waals surface area contributed by atoms with Crippen LogP contribution in [-0.2, 0) is 4.79 Å². The minimum atomic E-state index is -0.406. The van der Waals surface area contributed by atoms with Gasteiger partial charge in [-0.15, -0.1) is 0 Å². The fraction of sp³-hybridized carbons (Fsp3) is 0.417. The van der Waals surface area contributed by atoms with Crippen molar-refractivity contribution in [2.24, 2.45) is 5.73 Å². The van der Waals surface area contributed by atoms with Crippen LogP contribution < -0.4 is 11.1 Å². The first-order chi connectivity index (χ1) is 7.15. The highest BCUT2D eigenvalue weighted by Gasteiger charge is 2.14. The predicted octanol–water partition coefficient (Wildman–Crippen LogP) is 1.60. The summed E-state index contributed by atoms with van der Waals surface area (Å²) in [4.78, 5) is 11.5. The quantitative estimate of drug-likeness (QED) is 0.786. The van der Waals surface area contributed by atoms with Crippen LogP contribution >= 0.6 is 0 Å². The topological polar surface area (TPSA) is 55.1 Å². The van der Waals surface area contributed by atoms with E-state index in [0.29, 0.717) is 6.42 Å². The van der Waals surface area contributed by atoms with Gasteiger partial charge in [-0.2, -0.15) is 0 Å². The van der Waals surface area contributed by atoms with E-state index in [1.807, 2.05) is 44.2 Å². The van der Waals surface area contributed by atoms with E-state index in [1.54, 1.807) is 0 Å². The molecule has 3 N–H and O–H groups in total. The van der Waals surface area contributed by atoms with Crippen molar-refractivity contribution in [2.45, 2.75) is 32.4 Å². The van der Waals surface area contributed by atoms with Crippen LogP contribution in [0, 0.1) is 0 Å². The number of rotatable bonds is 4. The van der Waals surface area contributed by atoms with Gasteiger partial charge in [-0.05, 0) is 18.9 Å². The summed E-state index contributed by atoms with van der Waals surface area (Å²) in [7, 11) is 0. The maximum Gasteiger partial charge on any atom is 0.237 e. The minimum Gasteiger partial charge on any atom is -0.348 e. The zero-order valence-electron chi connectivity index (χ0n) is 9.23. The fourth-order valence-electron chi connectivity index (χ4n) is 1.33. The smallest absolute Gasteiger partial charge is 0.237 e. The largest absolute Gasteiger partial charge is 0.348 e. The van der Waals surface area contributed by atoms with Gasteiger partial charge >= 0.3 is 0 Å². The van der Waals surface area contributed by atoms with Gasteiger partial charge in [0.2, 0.25) is 5.91 Å². The van der Waals surface area contributed by atoms with E-state index < -0.39 is 6.04 Å². The number of carbonyl (C=O) groups excluding carboxylic acids is 1. The first-order valence-corrected chi connectivity index (χ1v) is 5.26. The van der Waals surface area contributed by atoms with Crippen LogP contribution in [0.1, 0.15) is 31.9 Å². The summed E-state index contributed by atoms with van der Waals surface area (Å²) in [6.07, 6.45) is 0.660. The lowest BCUT2D eigenvalue weighted by atomic mass is 10.1. The lowest BCUT2D eigenvalue weighted by Gasteiger charge is -2.16. The first kappa shape index (κ1) is 11.7. The van der Waals surface area contributed by atoms with Crippen molar-refractivity contribution >= 4 is 5.91 Å². The Morgan fingerprint density at radius 3 is 2.53 bits per heavy atom. The van der Waals surface area contributed by atoms with E-state index in [0.717, 1.165) is 5.56 Å². The van der Waals surface area contributed by atoms with Crippen molar-refractivity contribution in [3.05, 3.63) is 35.9 Å². The number of carbonyl (C=O) groups is 1. The molecule has 0 bridgehead atoms. The van der Waals surface area contributed by atoms with Crippen molar-refractivity contribution in [2.75, 3.05) is 0 Å². The van der Waals surface area contributed by atoms with Crippen molar-refractivity contribution in [3.63, 3.8) is 0 Å². The van der Waals surface area contributed by atoms with Crippen LogP contribution in [0.5, 0.6) is 0 Å². The van der Waals surface area contributed by atoms with E-state index in [1.165, 1.54) is 0 Å². The number of nitrogens with two attached hydrogens (primary N) is 1. The van der Waals surface area contributed by atoms with E-state index in [4.69, 9.17) is 5.73 Å². The average Bonchev–Trinajstić information content (AvgIpc) is 2.29. The molecule has 0 aliphatic carbocycles. The Morgan fingerprint density at radius 2 is 2.00 bits per heavy atom. The van der Waals surface area contributed by atoms with Crippen LogP contribution in [-0.4, -0.2) is 11.9 Å². The van der Waals surface area contributed by atoms with Gasteiger partial charge in [-0.1, -0.05) is 37.3 Å². The number of hydrogen-bond donors (Lipinski definition) is 2. The summed E-state index contributed by atoms with van der Waals surface area (Å²) in [5.74, 6) is -0.0890. The Morgan fingerprint density at radius 1 is 1.40 bits per heavy atom. The van der Waals surface area contributed by atoms with Crippen LogP contribution in [0.25, 0.3) is 0 Å². The Labute approximate surface area is 90.7 Å². The highest BCUT2D eigenvalue weighted by atomic mass is 16.2. The zero-order valence-corrected chi connectivity index (χ0v) is 9.23. The lowest BCUT2D eigenvalue weighted by molar-refractivity contribution is -0.123. The molecule has 0 spiro atoms. The Balaban J connectivity index is 2.56. The van der Waals surface area contributed by atoms with E-state index in [9.17, 15) is 4.79 Å². The molecule has 0 saturated heterocycles. The van der Waals surface area contributed by atoms with Gasteiger partial charge in [-0.25, -0.2) is 0 Å².